The van der Waals surface area contributed by atoms with Crippen LogP contribution >= 0.6 is 23.7 Å². The van der Waals surface area contributed by atoms with E-state index in [0.29, 0.717) is 42.5 Å². The average Bonchev–Trinajstić information content (AvgIpc) is 3.17. The number of rotatable bonds is 6. The quantitative estimate of drug-likeness (QED) is 0.764. The molecule has 0 saturated carbocycles. The lowest BCUT2D eigenvalue weighted by Crippen LogP contribution is -2.50. The van der Waals surface area contributed by atoms with E-state index in [0.717, 1.165) is 12.1 Å². The number of piperazine rings is 1. The van der Waals surface area contributed by atoms with E-state index in [1.54, 1.807) is 22.5 Å². The standard InChI is InChI=1S/C18H23N3O3S2.ClH/c1-15-4-6-16(7-5-15)26(23,24)21-12-10-20(11-13-21)9-8-19-18(22)17-3-2-14-25-17;/h2-7,14H,8-13H2,1H3,(H,19,22);1H. The van der Waals surface area contributed by atoms with Gasteiger partial charge in [-0.2, -0.15) is 4.31 Å². The predicted octanol–water partition coefficient (Wildman–Crippen LogP) is 2.21. The number of halogens is 1. The van der Waals surface area contributed by atoms with Crippen LogP contribution in [0.3, 0.4) is 0 Å². The van der Waals surface area contributed by atoms with Crippen LogP contribution in [0.1, 0.15) is 15.2 Å². The van der Waals surface area contributed by atoms with Gasteiger partial charge in [-0.05, 0) is 30.5 Å². The van der Waals surface area contributed by atoms with Crippen molar-refractivity contribution in [3.05, 3.63) is 52.2 Å². The molecule has 9 heteroatoms. The number of nitrogens with one attached hydrogen (secondary N) is 1. The van der Waals surface area contributed by atoms with E-state index in [1.807, 2.05) is 30.5 Å². The molecule has 0 bridgehead atoms. The number of hydrogen-bond donors (Lipinski definition) is 1. The van der Waals surface area contributed by atoms with Gasteiger partial charge >= 0.3 is 0 Å². The Balaban J connectivity index is 0.00000261. The van der Waals surface area contributed by atoms with Gasteiger partial charge in [0.25, 0.3) is 5.91 Å². The number of carbonyl (C=O) groups excluding carboxylic acids is 1. The minimum atomic E-state index is -3.43. The fourth-order valence-corrected chi connectivity index (χ4v) is 4.94. The fourth-order valence-electron chi connectivity index (χ4n) is 2.88. The summed E-state index contributed by atoms with van der Waals surface area (Å²) in [7, 11) is -3.43. The summed E-state index contributed by atoms with van der Waals surface area (Å²) in [6, 6.07) is 10.6. The van der Waals surface area contributed by atoms with E-state index in [9.17, 15) is 13.2 Å². The summed E-state index contributed by atoms with van der Waals surface area (Å²) < 4.78 is 26.9. The number of benzene rings is 1. The van der Waals surface area contributed by atoms with Crippen LogP contribution in [0.5, 0.6) is 0 Å². The number of nitrogens with zero attached hydrogens (tertiary/aromatic N) is 2. The molecule has 27 heavy (non-hydrogen) atoms. The van der Waals surface area contributed by atoms with Crippen LogP contribution in [0.4, 0.5) is 0 Å². The first kappa shape index (κ1) is 21.8. The molecular formula is C18H24ClN3O3S2. The van der Waals surface area contributed by atoms with E-state index in [2.05, 4.69) is 10.2 Å². The maximum atomic E-state index is 12.7. The van der Waals surface area contributed by atoms with E-state index >= 15 is 0 Å². The van der Waals surface area contributed by atoms with Gasteiger partial charge in [-0.3, -0.25) is 9.69 Å². The van der Waals surface area contributed by atoms with Crippen molar-refractivity contribution in [3.8, 4) is 0 Å². The Morgan fingerprint density at radius 1 is 1.11 bits per heavy atom. The largest absolute Gasteiger partial charge is 0.350 e. The summed E-state index contributed by atoms with van der Waals surface area (Å²) in [5.74, 6) is -0.0550. The van der Waals surface area contributed by atoms with Gasteiger partial charge < -0.3 is 5.32 Å². The van der Waals surface area contributed by atoms with E-state index < -0.39 is 10.0 Å². The molecule has 0 radical (unpaired) electrons. The molecular weight excluding hydrogens is 406 g/mol. The average molecular weight is 430 g/mol. The van der Waals surface area contributed by atoms with Crippen molar-refractivity contribution in [1.82, 2.24) is 14.5 Å². The van der Waals surface area contributed by atoms with Crippen molar-refractivity contribution < 1.29 is 13.2 Å². The van der Waals surface area contributed by atoms with E-state index in [-0.39, 0.29) is 18.3 Å². The van der Waals surface area contributed by atoms with E-state index in [4.69, 9.17) is 0 Å². The zero-order chi connectivity index (χ0) is 18.6. The number of hydrogen-bond acceptors (Lipinski definition) is 5. The third-order valence-corrected chi connectivity index (χ3v) is 7.23. The topological polar surface area (TPSA) is 69.7 Å². The molecule has 2 aromatic rings. The number of carbonyl (C=O) groups is 1. The highest BCUT2D eigenvalue weighted by Crippen LogP contribution is 2.18. The molecule has 1 aliphatic heterocycles. The summed E-state index contributed by atoms with van der Waals surface area (Å²) in [6.07, 6.45) is 0. The highest BCUT2D eigenvalue weighted by atomic mass is 35.5. The zero-order valence-electron chi connectivity index (χ0n) is 15.1. The lowest BCUT2D eigenvalue weighted by Gasteiger charge is -2.33. The molecule has 0 spiro atoms. The van der Waals surface area contributed by atoms with Crippen LogP contribution in [0.25, 0.3) is 0 Å². The van der Waals surface area contributed by atoms with Crippen LogP contribution in [-0.2, 0) is 10.0 Å². The Morgan fingerprint density at radius 3 is 2.37 bits per heavy atom. The Hall–Kier alpha value is -1.45. The Kier molecular flexibility index (Phi) is 7.81. The van der Waals surface area contributed by atoms with Crippen molar-refractivity contribution in [1.29, 1.82) is 0 Å². The lowest BCUT2D eigenvalue weighted by atomic mass is 10.2. The fraction of sp³-hybridized carbons (Fsp3) is 0.389. The Bertz CT molecular complexity index is 831. The Labute approximate surface area is 170 Å². The van der Waals surface area contributed by atoms with E-state index in [1.165, 1.54) is 11.3 Å². The molecule has 0 unspecified atom stereocenters. The Morgan fingerprint density at radius 2 is 1.78 bits per heavy atom. The third-order valence-electron chi connectivity index (χ3n) is 4.45. The van der Waals surface area contributed by atoms with Gasteiger partial charge in [-0.15, -0.1) is 23.7 Å². The predicted molar refractivity (Wildman–Crippen MR) is 110 cm³/mol. The molecule has 1 aromatic heterocycles. The van der Waals surface area contributed by atoms with Crippen molar-refractivity contribution in [2.24, 2.45) is 0 Å². The number of sulfonamides is 1. The van der Waals surface area contributed by atoms with Crippen LogP contribution in [0.2, 0.25) is 0 Å². The monoisotopic (exact) mass is 429 g/mol. The van der Waals surface area contributed by atoms with Gasteiger partial charge in [0.05, 0.1) is 9.77 Å². The zero-order valence-corrected chi connectivity index (χ0v) is 17.6. The summed E-state index contributed by atoms with van der Waals surface area (Å²) in [4.78, 5) is 15.1. The smallest absolute Gasteiger partial charge is 0.261 e. The molecule has 2 heterocycles. The van der Waals surface area contributed by atoms with Crippen LogP contribution in [0, 0.1) is 6.92 Å². The molecule has 1 aromatic carbocycles. The van der Waals surface area contributed by atoms with Crippen LogP contribution in [0.15, 0.2) is 46.7 Å². The molecule has 1 fully saturated rings. The molecule has 1 saturated heterocycles. The maximum Gasteiger partial charge on any atom is 0.261 e. The molecule has 6 nitrogen and oxygen atoms in total. The number of thiophene rings is 1. The second-order valence-electron chi connectivity index (χ2n) is 6.29. The van der Waals surface area contributed by atoms with Gasteiger partial charge in [0.15, 0.2) is 0 Å². The minimum Gasteiger partial charge on any atom is -0.350 e. The van der Waals surface area contributed by atoms with Crippen molar-refractivity contribution >= 4 is 39.7 Å². The number of aryl methyl sites for hydroxylation is 1. The van der Waals surface area contributed by atoms with Crippen molar-refractivity contribution in [2.75, 3.05) is 39.3 Å². The van der Waals surface area contributed by atoms with Crippen LogP contribution < -0.4 is 5.32 Å². The molecule has 0 atom stereocenters. The maximum absolute atomic E-state index is 12.7. The number of amides is 1. The summed E-state index contributed by atoms with van der Waals surface area (Å²) >= 11 is 1.42. The molecule has 3 rings (SSSR count). The lowest BCUT2D eigenvalue weighted by molar-refractivity contribution is 0.0949. The summed E-state index contributed by atoms with van der Waals surface area (Å²) in [5.41, 5.74) is 1.04. The second-order valence-corrected chi connectivity index (χ2v) is 9.18. The first-order chi connectivity index (χ1) is 12.5. The van der Waals surface area contributed by atoms with Gasteiger partial charge in [0.2, 0.25) is 10.0 Å². The summed E-state index contributed by atoms with van der Waals surface area (Å²) in [5, 5.41) is 4.78. The SMILES string of the molecule is Cc1ccc(S(=O)(=O)N2CCN(CCNC(=O)c3cccs3)CC2)cc1.Cl. The second kappa shape index (κ2) is 9.66. The first-order valence-electron chi connectivity index (χ1n) is 8.58. The van der Waals surface area contributed by atoms with Gasteiger partial charge in [0.1, 0.15) is 0 Å². The molecule has 148 valence electrons. The molecule has 1 N–H and O–H groups in total. The van der Waals surface area contributed by atoms with Gasteiger partial charge in [-0.25, -0.2) is 8.42 Å². The van der Waals surface area contributed by atoms with Gasteiger partial charge in [0, 0.05) is 39.3 Å². The van der Waals surface area contributed by atoms with Crippen molar-refractivity contribution in [3.63, 3.8) is 0 Å². The van der Waals surface area contributed by atoms with Crippen molar-refractivity contribution in [2.45, 2.75) is 11.8 Å². The minimum absolute atomic E-state index is 0. The van der Waals surface area contributed by atoms with Gasteiger partial charge in [-0.1, -0.05) is 23.8 Å². The molecule has 0 aliphatic carbocycles. The highest BCUT2D eigenvalue weighted by molar-refractivity contribution is 7.89. The highest BCUT2D eigenvalue weighted by Gasteiger charge is 2.28. The first-order valence-corrected chi connectivity index (χ1v) is 10.9. The summed E-state index contributed by atoms with van der Waals surface area (Å²) in [6.45, 7) is 5.48. The third kappa shape index (κ3) is 5.52. The molecule has 1 aliphatic rings. The molecule has 1 amide bonds. The normalized spacial score (nSPS) is 15.9. The van der Waals surface area contributed by atoms with Crippen LogP contribution in [-0.4, -0.2) is 62.8 Å².